The van der Waals surface area contributed by atoms with E-state index in [0.717, 1.165) is 30.0 Å². The molecule has 1 atom stereocenters. The first kappa shape index (κ1) is 15.0. The zero-order valence-corrected chi connectivity index (χ0v) is 12.8. The van der Waals surface area contributed by atoms with Crippen molar-refractivity contribution in [3.05, 3.63) is 16.1 Å². The molecule has 0 bridgehead atoms. The molecule has 0 radical (unpaired) electrons. The summed E-state index contributed by atoms with van der Waals surface area (Å²) in [6, 6.07) is -0.116. The predicted molar refractivity (Wildman–Crippen MR) is 78.5 cm³/mol. The maximum atomic E-state index is 12.0. The molecule has 1 aromatic rings. The van der Waals surface area contributed by atoms with Crippen LogP contribution in [0, 0.1) is 6.92 Å². The van der Waals surface area contributed by atoms with Crippen LogP contribution >= 0.6 is 11.3 Å². The molecule has 0 aliphatic carbocycles. The topological polar surface area (TPSA) is 62.3 Å². The summed E-state index contributed by atoms with van der Waals surface area (Å²) in [5.74, 6) is -0.0202. The molecule has 6 heteroatoms. The van der Waals surface area contributed by atoms with Crippen LogP contribution in [0.25, 0.3) is 0 Å². The SMILES string of the molecule is Cc1nc(C(C)NC(=O)CN2CCCCCC2=O)cs1. The molecule has 1 saturated heterocycles. The zero-order valence-electron chi connectivity index (χ0n) is 12.0. The maximum absolute atomic E-state index is 12.0. The Labute approximate surface area is 123 Å². The summed E-state index contributed by atoms with van der Waals surface area (Å²) in [7, 11) is 0. The first-order valence-corrected chi connectivity index (χ1v) is 7.93. The second-order valence-corrected chi connectivity index (χ2v) is 6.27. The van der Waals surface area contributed by atoms with Crippen molar-refractivity contribution in [2.45, 2.75) is 45.6 Å². The number of nitrogens with zero attached hydrogens (tertiary/aromatic N) is 2. The minimum atomic E-state index is -0.116. The van der Waals surface area contributed by atoms with Gasteiger partial charge in [0.1, 0.15) is 0 Å². The van der Waals surface area contributed by atoms with E-state index >= 15 is 0 Å². The fourth-order valence-corrected chi connectivity index (χ4v) is 3.03. The molecule has 2 amide bonds. The van der Waals surface area contributed by atoms with Crippen molar-refractivity contribution in [3.63, 3.8) is 0 Å². The van der Waals surface area contributed by atoms with E-state index in [0.29, 0.717) is 13.0 Å². The minimum Gasteiger partial charge on any atom is -0.346 e. The van der Waals surface area contributed by atoms with Gasteiger partial charge in [0.2, 0.25) is 11.8 Å². The summed E-state index contributed by atoms with van der Waals surface area (Å²) in [5.41, 5.74) is 0.878. The Bertz CT molecular complexity index is 487. The number of hydrogen-bond donors (Lipinski definition) is 1. The third kappa shape index (κ3) is 4.03. The first-order chi connectivity index (χ1) is 9.56. The van der Waals surface area contributed by atoms with Gasteiger partial charge in [-0.15, -0.1) is 11.3 Å². The highest BCUT2D eigenvalue weighted by atomic mass is 32.1. The van der Waals surface area contributed by atoms with E-state index in [1.54, 1.807) is 16.2 Å². The zero-order chi connectivity index (χ0) is 14.5. The summed E-state index contributed by atoms with van der Waals surface area (Å²) >= 11 is 1.57. The summed E-state index contributed by atoms with van der Waals surface area (Å²) < 4.78 is 0. The highest BCUT2D eigenvalue weighted by Crippen LogP contribution is 2.16. The highest BCUT2D eigenvalue weighted by molar-refractivity contribution is 7.09. The Balaban J connectivity index is 1.86. The fraction of sp³-hybridized carbons (Fsp3) is 0.643. The van der Waals surface area contributed by atoms with Crippen LogP contribution in [0.5, 0.6) is 0 Å². The number of carbonyl (C=O) groups is 2. The Morgan fingerprint density at radius 3 is 3.00 bits per heavy atom. The summed E-state index contributed by atoms with van der Waals surface area (Å²) in [6.45, 7) is 4.71. The Morgan fingerprint density at radius 1 is 1.50 bits per heavy atom. The van der Waals surface area contributed by atoms with E-state index in [-0.39, 0.29) is 24.4 Å². The maximum Gasteiger partial charge on any atom is 0.240 e. The first-order valence-electron chi connectivity index (χ1n) is 7.05. The highest BCUT2D eigenvalue weighted by Gasteiger charge is 2.20. The molecule has 1 aliphatic rings. The van der Waals surface area contributed by atoms with Crippen LogP contribution in [-0.2, 0) is 9.59 Å². The number of carbonyl (C=O) groups excluding carboxylic acids is 2. The molecule has 0 spiro atoms. The van der Waals surface area contributed by atoms with Gasteiger partial charge in [0.05, 0.1) is 23.3 Å². The molecule has 1 unspecified atom stereocenters. The molecule has 2 heterocycles. The van der Waals surface area contributed by atoms with E-state index in [1.807, 2.05) is 19.2 Å². The number of likely N-dealkylation sites (tertiary alicyclic amines) is 1. The van der Waals surface area contributed by atoms with Gasteiger partial charge in [-0.05, 0) is 26.7 Å². The molecular formula is C14H21N3O2S. The third-order valence-electron chi connectivity index (χ3n) is 3.46. The van der Waals surface area contributed by atoms with Gasteiger partial charge in [-0.25, -0.2) is 4.98 Å². The second kappa shape index (κ2) is 6.83. The number of aryl methyl sites for hydroxylation is 1. The third-order valence-corrected chi connectivity index (χ3v) is 4.26. The fourth-order valence-electron chi connectivity index (χ4n) is 2.32. The smallest absolute Gasteiger partial charge is 0.240 e. The molecule has 5 nitrogen and oxygen atoms in total. The van der Waals surface area contributed by atoms with Crippen LogP contribution in [0.15, 0.2) is 5.38 Å². The number of aromatic nitrogens is 1. The molecule has 1 fully saturated rings. The van der Waals surface area contributed by atoms with E-state index in [2.05, 4.69) is 10.3 Å². The van der Waals surface area contributed by atoms with E-state index < -0.39 is 0 Å². The quantitative estimate of drug-likeness (QED) is 0.924. The lowest BCUT2D eigenvalue weighted by Gasteiger charge is -2.21. The molecule has 0 saturated carbocycles. The molecule has 1 aliphatic heterocycles. The molecule has 1 N–H and O–H groups in total. The summed E-state index contributed by atoms with van der Waals surface area (Å²) in [4.78, 5) is 29.9. The number of rotatable bonds is 4. The van der Waals surface area contributed by atoms with E-state index in [1.165, 1.54) is 0 Å². The monoisotopic (exact) mass is 295 g/mol. The number of nitrogens with one attached hydrogen (secondary N) is 1. The van der Waals surface area contributed by atoms with Crippen LogP contribution in [0.3, 0.4) is 0 Å². The van der Waals surface area contributed by atoms with E-state index in [9.17, 15) is 9.59 Å². The van der Waals surface area contributed by atoms with Crippen LogP contribution in [0.4, 0.5) is 0 Å². The molecule has 110 valence electrons. The van der Waals surface area contributed by atoms with Crippen molar-refractivity contribution < 1.29 is 9.59 Å². The van der Waals surface area contributed by atoms with Crippen LogP contribution < -0.4 is 5.32 Å². The normalized spacial score (nSPS) is 17.7. The van der Waals surface area contributed by atoms with Crippen molar-refractivity contribution in [2.24, 2.45) is 0 Å². The van der Waals surface area contributed by atoms with Gasteiger partial charge in [-0.2, -0.15) is 0 Å². The standard InChI is InChI=1S/C14H21N3O2S/c1-10(12-9-20-11(2)16-12)15-13(18)8-17-7-5-3-4-6-14(17)19/h9-10H,3-8H2,1-2H3,(H,15,18). The largest absolute Gasteiger partial charge is 0.346 e. The Morgan fingerprint density at radius 2 is 2.30 bits per heavy atom. The van der Waals surface area contributed by atoms with Crippen LogP contribution in [-0.4, -0.2) is 34.8 Å². The van der Waals surface area contributed by atoms with Crippen molar-refractivity contribution in [2.75, 3.05) is 13.1 Å². The predicted octanol–water partition coefficient (Wildman–Crippen LogP) is 2.03. The number of thiazole rings is 1. The minimum absolute atomic E-state index is 0.0924. The Hall–Kier alpha value is -1.43. The molecule has 1 aromatic heterocycles. The van der Waals surface area contributed by atoms with Gasteiger partial charge >= 0.3 is 0 Å². The summed E-state index contributed by atoms with van der Waals surface area (Å²) in [6.07, 6.45) is 3.55. The number of amides is 2. The Kier molecular flexibility index (Phi) is 5.11. The van der Waals surface area contributed by atoms with Gasteiger partial charge < -0.3 is 10.2 Å². The second-order valence-electron chi connectivity index (χ2n) is 5.21. The molecule has 2 rings (SSSR count). The van der Waals surface area contributed by atoms with Gasteiger partial charge in [0.15, 0.2) is 0 Å². The van der Waals surface area contributed by atoms with Crippen molar-refractivity contribution in [1.82, 2.24) is 15.2 Å². The average molecular weight is 295 g/mol. The van der Waals surface area contributed by atoms with Gasteiger partial charge in [0, 0.05) is 18.3 Å². The molecule has 20 heavy (non-hydrogen) atoms. The van der Waals surface area contributed by atoms with Gasteiger partial charge in [-0.3, -0.25) is 9.59 Å². The lowest BCUT2D eigenvalue weighted by molar-refractivity contribution is -0.135. The van der Waals surface area contributed by atoms with Crippen molar-refractivity contribution in [3.8, 4) is 0 Å². The average Bonchev–Trinajstić information content (AvgIpc) is 2.73. The molecule has 0 aromatic carbocycles. The van der Waals surface area contributed by atoms with E-state index in [4.69, 9.17) is 0 Å². The van der Waals surface area contributed by atoms with Crippen LogP contribution in [0.1, 0.15) is 49.4 Å². The van der Waals surface area contributed by atoms with Crippen LogP contribution in [0.2, 0.25) is 0 Å². The lowest BCUT2D eigenvalue weighted by Crippen LogP contribution is -2.41. The van der Waals surface area contributed by atoms with Gasteiger partial charge in [-0.1, -0.05) is 6.42 Å². The number of hydrogen-bond acceptors (Lipinski definition) is 4. The van der Waals surface area contributed by atoms with Crippen molar-refractivity contribution in [1.29, 1.82) is 0 Å². The lowest BCUT2D eigenvalue weighted by atomic mass is 10.2. The van der Waals surface area contributed by atoms with Gasteiger partial charge in [0.25, 0.3) is 0 Å². The summed E-state index contributed by atoms with van der Waals surface area (Å²) in [5, 5.41) is 5.85. The van der Waals surface area contributed by atoms with Crippen molar-refractivity contribution >= 4 is 23.2 Å². The molecular weight excluding hydrogens is 274 g/mol.